The second kappa shape index (κ2) is 9.27. The van der Waals surface area contributed by atoms with Crippen LogP contribution in [0.1, 0.15) is 39.3 Å². The molecule has 164 valence electrons. The Morgan fingerprint density at radius 1 is 1.09 bits per heavy atom. The number of aryl methyl sites for hydroxylation is 3. The van der Waals surface area contributed by atoms with E-state index in [9.17, 15) is 4.79 Å². The standard InChI is InChI=1S/C25H25ClN4OS/c1-15-5-8-19(9-6-15)11-22-17(3)29-30(18(22)4)25-28-21(14-32-25)13-24(31)27-20-10-7-16(2)23(26)12-20/h5-10,12,14H,11,13H2,1-4H3,(H,27,31). The van der Waals surface area contributed by atoms with Crippen LogP contribution in [0.25, 0.3) is 5.13 Å². The number of thiazole rings is 1. The molecule has 4 aromatic rings. The lowest BCUT2D eigenvalue weighted by molar-refractivity contribution is -0.115. The maximum absolute atomic E-state index is 12.5. The minimum absolute atomic E-state index is 0.129. The molecule has 1 N–H and O–H groups in total. The highest BCUT2D eigenvalue weighted by Crippen LogP contribution is 2.24. The van der Waals surface area contributed by atoms with E-state index >= 15 is 0 Å². The van der Waals surface area contributed by atoms with Gasteiger partial charge in [-0.3, -0.25) is 4.79 Å². The summed E-state index contributed by atoms with van der Waals surface area (Å²) in [7, 11) is 0. The molecule has 0 bridgehead atoms. The Morgan fingerprint density at radius 2 is 1.84 bits per heavy atom. The molecule has 0 aliphatic rings. The zero-order valence-corrected chi connectivity index (χ0v) is 20.1. The molecule has 0 aliphatic heterocycles. The van der Waals surface area contributed by atoms with Gasteiger partial charge in [-0.15, -0.1) is 11.3 Å². The van der Waals surface area contributed by atoms with Gasteiger partial charge in [-0.2, -0.15) is 5.10 Å². The molecule has 0 saturated carbocycles. The molecule has 2 aromatic heterocycles. The van der Waals surface area contributed by atoms with Gasteiger partial charge in [0, 0.05) is 33.8 Å². The number of anilines is 1. The Labute approximate surface area is 197 Å². The van der Waals surface area contributed by atoms with Crippen molar-refractivity contribution in [2.45, 2.75) is 40.5 Å². The van der Waals surface area contributed by atoms with E-state index in [0.29, 0.717) is 16.4 Å². The van der Waals surface area contributed by atoms with Gasteiger partial charge in [0.2, 0.25) is 11.0 Å². The van der Waals surface area contributed by atoms with Crippen molar-refractivity contribution >= 4 is 34.5 Å². The van der Waals surface area contributed by atoms with Crippen LogP contribution >= 0.6 is 22.9 Å². The molecule has 4 rings (SSSR count). The number of carbonyl (C=O) groups excluding carboxylic acids is 1. The molecule has 7 heteroatoms. The predicted octanol–water partition coefficient (Wildman–Crippen LogP) is 5.99. The van der Waals surface area contributed by atoms with Gasteiger partial charge >= 0.3 is 0 Å². The first kappa shape index (κ1) is 22.2. The molecule has 0 aliphatic carbocycles. The minimum atomic E-state index is -0.129. The van der Waals surface area contributed by atoms with Crippen LogP contribution in [0, 0.1) is 27.7 Å². The summed E-state index contributed by atoms with van der Waals surface area (Å²) in [5.74, 6) is -0.129. The van der Waals surface area contributed by atoms with Crippen molar-refractivity contribution in [1.29, 1.82) is 0 Å². The van der Waals surface area contributed by atoms with E-state index in [2.05, 4.69) is 48.4 Å². The lowest BCUT2D eigenvalue weighted by Gasteiger charge is -2.06. The highest BCUT2D eigenvalue weighted by molar-refractivity contribution is 7.12. The monoisotopic (exact) mass is 464 g/mol. The Kier molecular flexibility index (Phi) is 6.44. The van der Waals surface area contributed by atoms with Crippen molar-refractivity contribution in [1.82, 2.24) is 14.8 Å². The Hall–Kier alpha value is -2.96. The largest absolute Gasteiger partial charge is 0.326 e. The van der Waals surface area contributed by atoms with Crippen molar-refractivity contribution < 1.29 is 4.79 Å². The average Bonchev–Trinajstić information content (AvgIpc) is 3.31. The molecule has 0 spiro atoms. The van der Waals surface area contributed by atoms with Crippen LogP contribution in [0.15, 0.2) is 47.8 Å². The van der Waals surface area contributed by atoms with E-state index in [1.54, 1.807) is 6.07 Å². The van der Waals surface area contributed by atoms with Crippen LogP contribution in [0.2, 0.25) is 5.02 Å². The SMILES string of the molecule is Cc1ccc(Cc2c(C)nn(-c3nc(CC(=O)Nc4ccc(C)c(Cl)c4)cs3)c2C)cc1. The molecule has 5 nitrogen and oxygen atoms in total. The van der Waals surface area contributed by atoms with Crippen molar-refractivity contribution in [2.75, 3.05) is 5.32 Å². The van der Waals surface area contributed by atoms with Gasteiger partial charge in [-0.05, 0) is 51.0 Å². The highest BCUT2D eigenvalue weighted by Gasteiger charge is 2.16. The van der Waals surface area contributed by atoms with Gasteiger partial charge in [0.1, 0.15) is 0 Å². The predicted molar refractivity (Wildman–Crippen MR) is 131 cm³/mol. The zero-order chi connectivity index (χ0) is 22.8. The lowest BCUT2D eigenvalue weighted by atomic mass is 10.0. The lowest BCUT2D eigenvalue weighted by Crippen LogP contribution is -2.14. The quantitative estimate of drug-likeness (QED) is 0.381. The number of aromatic nitrogens is 3. The van der Waals surface area contributed by atoms with Gasteiger partial charge in [-0.25, -0.2) is 9.67 Å². The van der Waals surface area contributed by atoms with Gasteiger partial charge in [0.05, 0.1) is 17.8 Å². The van der Waals surface area contributed by atoms with Gasteiger partial charge in [0.25, 0.3) is 0 Å². The van der Waals surface area contributed by atoms with E-state index in [4.69, 9.17) is 16.7 Å². The minimum Gasteiger partial charge on any atom is -0.326 e. The van der Waals surface area contributed by atoms with Crippen LogP contribution in [0.5, 0.6) is 0 Å². The summed E-state index contributed by atoms with van der Waals surface area (Å²) in [6, 6.07) is 14.1. The van der Waals surface area contributed by atoms with E-state index in [1.165, 1.54) is 28.0 Å². The summed E-state index contributed by atoms with van der Waals surface area (Å²) in [5, 5.41) is 10.9. The maximum atomic E-state index is 12.5. The molecule has 0 saturated heterocycles. The van der Waals surface area contributed by atoms with Crippen molar-refractivity contribution in [3.05, 3.63) is 92.2 Å². The van der Waals surface area contributed by atoms with E-state index < -0.39 is 0 Å². The van der Waals surface area contributed by atoms with E-state index in [1.807, 2.05) is 36.0 Å². The fourth-order valence-electron chi connectivity index (χ4n) is 3.54. The number of halogens is 1. The van der Waals surface area contributed by atoms with Crippen LogP contribution in [0.3, 0.4) is 0 Å². The Bertz CT molecular complexity index is 1270. The molecule has 0 atom stereocenters. The smallest absolute Gasteiger partial charge is 0.230 e. The first-order valence-corrected chi connectivity index (χ1v) is 11.7. The van der Waals surface area contributed by atoms with E-state index in [-0.39, 0.29) is 12.3 Å². The summed E-state index contributed by atoms with van der Waals surface area (Å²) in [5.41, 5.74) is 8.15. The number of hydrogen-bond acceptors (Lipinski definition) is 4. The molecular formula is C25H25ClN4OS. The van der Waals surface area contributed by atoms with Crippen molar-refractivity contribution in [3.8, 4) is 5.13 Å². The number of nitrogens with one attached hydrogen (secondary N) is 1. The van der Waals surface area contributed by atoms with Crippen molar-refractivity contribution in [2.24, 2.45) is 0 Å². The molecule has 2 aromatic carbocycles. The fourth-order valence-corrected chi connectivity index (χ4v) is 4.55. The van der Waals surface area contributed by atoms with Crippen LogP contribution in [0.4, 0.5) is 5.69 Å². The number of hydrogen-bond donors (Lipinski definition) is 1. The number of rotatable bonds is 6. The molecule has 0 radical (unpaired) electrons. The van der Waals surface area contributed by atoms with Gasteiger partial charge in [0.15, 0.2) is 0 Å². The first-order chi connectivity index (χ1) is 15.3. The summed E-state index contributed by atoms with van der Waals surface area (Å²) in [6.45, 7) is 8.12. The summed E-state index contributed by atoms with van der Waals surface area (Å²) in [6.07, 6.45) is 1.02. The summed E-state index contributed by atoms with van der Waals surface area (Å²) >= 11 is 7.63. The molecule has 0 fully saturated rings. The normalized spacial score (nSPS) is 11.0. The first-order valence-electron chi connectivity index (χ1n) is 10.4. The third-order valence-electron chi connectivity index (χ3n) is 5.46. The maximum Gasteiger partial charge on any atom is 0.230 e. The number of benzene rings is 2. The summed E-state index contributed by atoms with van der Waals surface area (Å²) in [4.78, 5) is 17.1. The topological polar surface area (TPSA) is 59.8 Å². The molecule has 2 heterocycles. The van der Waals surface area contributed by atoms with Crippen molar-refractivity contribution in [3.63, 3.8) is 0 Å². The molecule has 1 amide bonds. The Balaban J connectivity index is 1.47. The second-order valence-electron chi connectivity index (χ2n) is 8.03. The fraction of sp³-hybridized carbons (Fsp3) is 0.240. The molecule has 32 heavy (non-hydrogen) atoms. The summed E-state index contributed by atoms with van der Waals surface area (Å²) < 4.78 is 1.88. The number of amides is 1. The van der Waals surface area contributed by atoms with Crippen LogP contribution in [-0.2, 0) is 17.6 Å². The molecule has 0 unspecified atom stereocenters. The van der Waals surface area contributed by atoms with Gasteiger partial charge < -0.3 is 5.32 Å². The average molecular weight is 465 g/mol. The highest BCUT2D eigenvalue weighted by atomic mass is 35.5. The third kappa shape index (κ3) is 4.92. The third-order valence-corrected chi connectivity index (χ3v) is 6.73. The molecular weight excluding hydrogens is 440 g/mol. The number of carbonyl (C=O) groups is 1. The van der Waals surface area contributed by atoms with Gasteiger partial charge in [-0.1, -0.05) is 47.5 Å². The Morgan fingerprint density at radius 3 is 2.56 bits per heavy atom. The van der Waals surface area contributed by atoms with Crippen LogP contribution in [-0.4, -0.2) is 20.7 Å². The second-order valence-corrected chi connectivity index (χ2v) is 9.28. The zero-order valence-electron chi connectivity index (χ0n) is 18.6. The number of nitrogens with zero attached hydrogens (tertiary/aromatic N) is 3. The van der Waals surface area contributed by atoms with Crippen LogP contribution < -0.4 is 5.32 Å². The van der Waals surface area contributed by atoms with E-state index in [0.717, 1.165) is 28.5 Å².